The van der Waals surface area contributed by atoms with Crippen molar-refractivity contribution in [2.45, 2.75) is 6.54 Å². The second-order valence-corrected chi connectivity index (χ2v) is 6.54. The van der Waals surface area contributed by atoms with E-state index in [2.05, 4.69) is 31.8 Å². The van der Waals surface area contributed by atoms with Crippen molar-refractivity contribution in [3.63, 3.8) is 0 Å². The SMILES string of the molecule is N#Cc1ccccc1N1CCN(Cc2cc(Br)ccc2F)CC1. The van der Waals surface area contributed by atoms with Crippen molar-refractivity contribution < 1.29 is 4.39 Å². The Bertz CT molecular complexity index is 733. The van der Waals surface area contributed by atoms with E-state index in [-0.39, 0.29) is 5.82 Å². The van der Waals surface area contributed by atoms with Gasteiger partial charge in [0.2, 0.25) is 0 Å². The highest BCUT2D eigenvalue weighted by Crippen LogP contribution is 2.22. The summed E-state index contributed by atoms with van der Waals surface area (Å²) in [5, 5.41) is 9.22. The lowest BCUT2D eigenvalue weighted by Crippen LogP contribution is -2.46. The fourth-order valence-electron chi connectivity index (χ4n) is 2.90. The smallest absolute Gasteiger partial charge is 0.127 e. The highest BCUT2D eigenvalue weighted by molar-refractivity contribution is 9.10. The molecule has 0 bridgehead atoms. The molecule has 0 atom stereocenters. The summed E-state index contributed by atoms with van der Waals surface area (Å²) in [6, 6.07) is 15.0. The largest absolute Gasteiger partial charge is 0.368 e. The molecule has 0 spiro atoms. The Labute approximate surface area is 144 Å². The van der Waals surface area contributed by atoms with Gasteiger partial charge in [-0.25, -0.2) is 4.39 Å². The Morgan fingerprint density at radius 2 is 1.83 bits per heavy atom. The minimum atomic E-state index is -0.162. The molecular weight excluding hydrogens is 357 g/mol. The van der Waals surface area contributed by atoms with Crippen LogP contribution in [0.4, 0.5) is 10.1 Å². The maximum Gasteiger partial charge on any atom is 0.127 e. The van der Waals surface area contributed by atoms with E-state index in [9.17, 15) is 9.65 Å². The predicted octanol–water partition coefficient (Wildman–Crippen LogP) is 3.78. The van der Waals surface area contributed by atoms with E-state index in [1.807, 2.05) is 30.3 Å². The number of para-hydroxylation sites is 1. The molecule has 23 heavy (non-hydrogen) atoms. The molecule has 0 aliphatic carbocycles. The Hall–Kier alpha value is -1.90. The van der Waals surface area contributed by atoms with Gasteiger partial charge in [0.1, 0.15) is 11.9 Å². The molecule has 2 aromatic rings. The number of piperazine rings is 1. The molecule has 0 saturated carbocycles. The number of nitrogens with zero attached hydrogens (tertiary/aromatic N) is 3. The number of anilines is 1. The molecule has 0 N–H and O–H groups in total. The van der Waals surface area contributed by atoms with Crippen LogP contribution in [0.15, 0.2) is 46.9 Å². The summed E-state index contributed by atoms with van der Waals surface area (Å²) in [7, 11) is 0. The monoisotopic (exact) mass is 373 g/mol. The van der Waals surface area contributed by atoms with Gasteiger partial charge in [-0.15, -0.1) is 0 Å². The Balaban J connectivity index is 1.65. The molecule has 3 rings (SSSR count). The average molecular weight is 374 g/mol. The van der Waals surface area contributed by atoms with Crippen LogP contribution in [0.2, 0.25) is 0 Å². The second-order valence-electron chi connectivity index (χ2n) is 5.63. The van der Waals surface area contributed by atoms with Crippen LogP contribution in [0.3, 0.4) is 0 Å². The van der Waals surface area contributed by atoms with E-state index < -0.39 is 0 Å². The zero-order valence-electron chi connectivity index (χ0n) is 12.7. The fraction of sp³-hybridized carbons (Fsp3) is 0.278. The van der Waals surface area contributed by atoms with Crippen LogP contribution in [0.25, 0.3) is 0 Å². The average Bonchev–Trinajstić information content (AvgIpc) is 2.59. The Morgan fingerprint density at radius 3 is 2.57 bits per heavy atom. The van der Waals surface area contributed by atoms with E-state index in [1.165, 1.54) is 6.07 Å². The van der Waals surface area contributed by atoms with Gasteiger partial charge in [0.15, 0.2) is 0 Å². The molecule has 1 aliphatic rings. The van der Waals surface area contributed by atoms with E-state index >= 15 is 0 Å². The number of rotatable bonds is 3. The molecule has 2 aromatic carbocycles. The van der Waals surface area contributed by atoms with Crippen molar-refractivity contribution in [2.24, 2.45) is 0 Å². The summed E-state index contributed by atoms with van der Waals surface area (Å²) >= 11 is 3.39. The molecule has 1 fully saturated rings. The van der Waals surface area contributed by atoms with E-state index in [4.69, 9.17) is 0 Å². The van der Waals surface area contributed by atoms with Crippen molar-refractivity contribution in [1.29, 1.82) is 5.26 Å². The van der Waals surface area contributed by atoms with Crippen LogP contribution >= 0.6 is 15.9 Å². The highest BCUT2D eigenvalue weighted by Gasteiger charge is 2.20. The van der Waals surface area contributed by atoms with Crippen molar-refractivity contribution in [3.8, 4) is 6.07 Å². The van der Waals surface area contributed by atoms with Gasteiger partial charge in [0.25, 0.3) is 0 Å². The quantitative estimate of drug-likeness (QED) is 0.819. The number of nitriles is 1. The van der Waals surface area contributed by atoms with Gasteiger partial charge in [-0.2, -0.15) is 5.26 Å². The third-order valence-corrected chi connectivity index (χ3v) is 4.63. The zero-order valence-corrected chi connectivity index (χ0v) is 14.3. The number of halogens is 2. The van der Waals surface area contributed by atoms with Crippen molar-refractivity contribution in [1.82, 2.24) is 4.90 Å². The van der Waals surface area contributed by atoms with Gasteiger partial charge in [0.05, 0.1) is 11.3 Å². The molecule has 118 valence electrons. The van der Waals surface area contributed by atoms with Crippen LogP contribution < -0.4 is 4.90 Å². The third-order valence-electron chi connectivity index (χ3n) is 4.14. The topological polar surface area (TPSA) is 30.3 Å². The number of hydrogen-bond acceptors (Lipinski definition) is 3. The predicted molar refractivity (Wildman–Crippen MR) is 92.7 cm³/mol. The lowest BCUT2D eigenvalue weighted by atomic mass is 10.1. The summed E-state index contributed by atoms with van der Waals surface area (Å²) in [6.07, 6.45) is 0. The normalized spacial score (nSPS) is 15.4. The molecule has 0 radical (unpaired) electrons. The van der Waals surface area contributed by atoms with Crippen LogP contribution in [0, 0.1) is 17.1 Å². The van der Waals surface area contributed by atoms with Gasteiger partial charge in [-0.1, -0.05) is 28.1 Å². The molecule has 5 heteroatoms. The van der Waals surface area contributed by atoms with Gasteiger partial charge in [0, 0.05) is 42.8 Å². The van der Waals surface area contributed by atoms with Crippen molar-refractivity contribution in [3.05, 3.63) is 63.9 Å². The lowest BCUT2D eigenvalue weighted by Gasteiger charge is -2.36. The Kier molecular flexibility index (Phi) is 4.94. The molecule has 0 aromatic heterocycles. The van der Waals surface area contributed by atoms with Crippen LogP contribution in [0.5, 0.6) is 0 Å². The highest BCUT2D eigenvalue weighted by atomic mass is 79.9. The summed E-state index contributed by atoms with van der Waals surface area (Å²) < 4.78 is 14.8. The first-order valence-electron chi connectivity index (χ1n) is 7.58. The van der Waals surface area contributed by atoms with E-state index in [0.717, 1.165) is 36.3 Å². The van der Waals surface area contributed by atoms with E-state index in [1.54, 1.807) is 6.07 Å². The summed E-state index contributed by atoms with van der Waals surface area (Å²) in [5.74, 6) is -0.162. The van der Waals surface area contributed by atoms with Crippen LogP contribution in [-0.2, 0) is 6.54 Å². The summed E-state index contributed by atoms with van der Waals surface area (Å²) in [5.41, 5.74) is 2.41. The standard InChI is InChI=1S/C18H17BrFN3/c19-16-5-6-17(20)15(11-16)13-22-7-9-23(10-8-22)18-4-2-1-3-14(18)12-21/h1-6,11H,7-10,13H2. The molecule has 1 heterocycles. The summed E-state index contributed by atoms with van der Waals surface area (Å²) in [6.45, 7) is 4.00. The zero-order chi connectivity index (χ0) is 16.2. The van der Waals surface area contributed by atoms with Crippen LogP contribution in [0.1, 0.15) is 11.1 Å². The number of hydrogen-bond donors (Lipinski definition) is 0. The molecular formula is C18H17BrFN3. The maximum atomic E-state index is 13.9. The maximum absolute atomic E-state index is 13.9. The third kappa shape index (κ3) is 3.72. The van der Waals surface area contributed by atoms with Gasteiger partial charge in [-0.3, -0.25) is 4.90 Å². The first-order chi connectivity index (χ1) is 11.2. The summed E-state index contributed by atoms with van der Waals surface area (Å²) in [4.78, 5) is 4.47. The second kappa shape index (κ2) is 7.12. The number of benzene rings is 2. The molecule has 1 saturated heterocycles. The first-order valence-corrected chi connectivity index (χ1v) is 8.37. The minimum absolute atomic E-state index is 0.162. The van der Waals surface area contributed by atoms with Crippen LogP contribution in [-0.4, -0.2) is 31.1 Å². The van der Waals surface area contributed by atoms with Crippen molar-refractivity contribution in [2.75, 3.05) is 31.1 Å². The Morgan fingerprint density at radius 1 is 1.09 bits per heavy atom. The molecule has 0 amide bonds. The van der Waals surface area contributed by atoms with Gasteiger partial charge < -0.3 is 4.90 Å². The van der Waals surface area contributed by atoms with Crippen molar-refractivity contribution >= 4 is 21.6 Å². The van der Waals surface area contributed by atoms with E-state index in [0.29, 0.717) is 17.7 Å². The minimum Gasteiger partial charge on any atom is -0.368 e. The molecule has 3 nitrogen and oxygen atoms in total. The molecule has 1 aliphatic heterocycles. The van der Waals surface area contributed by atoms with Gasteiger partial charge in [-0.05, 0) is 30.3 Å². The fourth-order valence-corrected chi connectivity index (χ4v) is 3.30. The first kappa shape index (κ1) is 16.0. The lowest BCUT2D eigenvalue weighted by molar-refractivity contribution is 0.246. The van der Waals surface area contributed by atoms with Gasteiger partial charge >= 0.3 is 0 Å². The molecule has 0 unspecified atom stereocenters.